The van der Waals surface area contributed by atoms with Crippen molar-refractivity contribution in [3.63, 3.8) is 0 Å². The van der Waals surface area contributed by atoms with Crippen LogP contribution in [0.4, 0.5) is 5.69 Å². The van der Waals surface area contributed by atoms with Crippen molar-refractivity contribution in [1.29, 1.82) is 0 Å². The molecule has 0 aliphatic heterocycles. The molecular weight excluding hydrogens is 422 g/mol. The number of anilines is 1. The third-order valence-electron chi connectivity index (χ3n) is 3.95. The first kappa shape index (κ1) is 22.1. The number of rotatable bonds is 9. The Kier molecular flexibility index (Phi) is 9.50. The fourth-order valence-electron chi connectivity index (χ4n) is 2.43. The Labute approximate surface area is 181 Å². The number of nitrogens with one attached hydrogen (secondary N) is 1. The molecule has 2 aromatic rings. The Balaban J connectivity index is 2.13. The lowest BCUT2D eigenvalue weighted by Gasteiger charge is -2.07. The maximum atomic E-state index is 6.20. The zero-order valence-electron chi connectivity index (χ0n) is 15.1. The summed E-state index contributed by atoms with van der Waals surface area (Å²) in [5.74, 6) is 0. The standard InChI is InChI=1S/C21H22Cl4N2/c1-2-3-4-5-6-17(10-7-15-8-11-18(23)19(24)13-15)26-27-21-12-9-16(22)14-20(21)25/h7-14,27H,2-6H2,1H3/b10-7?,26-17+. The summed E-state index contributed by atoms with van der Waals surface area (Å²) < 4.78 is 0. The van der Waals surface area contributed by atoms with Crippen molar-refractivity contribution < 1.29 is 0 Å². The lowest BCUT2D eigenvalue weighted by molar-refractivity contribution is 0.683. The first-order valence-electron chi connectivity index (χ1n) is 8.90. The minimum Gasteiger partial charge on any atom is -0.277 e. The minimum absolute atomic E-state index is 0.532. The molecule has 0 fully saturated rings. The van der Waals surface area contributed by atoms with E-state index in [0.29, 0.717) is 20.1 Å². The summed E-state index contributed by atoms with van der Waals surface area (Å²) in [6.45, 7) is 2.20. The predicted molar refractivity (Wildman–Crippen MR) is 122 cm³/mol. The number of allylic oxidation sites excluding steroid dienone is 1. The van der Waals surface area contributed by atoms with Crippen LogP contribution in [0.15, 0.2) is 47.6 Å². The van der Waals surface area contributed by atoms with Crippen LogP contribution in [0.5, 0.6) is 0 Å². The molecule has 0 bridgehead atoms. The van der Waals surface area contributed by atoms with Crippen molar-refractivity contribution >= 4 is 63.9 Å². The topological polar surface area (TPSA) is 24.4 Å². The van der Waals surface area contributed by atoms with Gasteiger partial charge in [0.05, 0.1) is 26.5 Å². The van der Waals surface area contributed by atoms with Gasteiger partial charge in [0.25, 0.3) is 0 Å². The van der Waals surface area contributed by atoms with Gasteiger partial charge in [-0.25, -0.2) is 0 Å². The van der Waals surface area contributed by atoms with E-state index in [2.05, 4.69) is 17.5 Å². The number of hydrogen-bond acceptors (Lipinski definition) is 2. The van der Waals surface area contributed by atoms with Crippen molar-refractivity contribution in [3.8, 4) is 0 Å². The zero-order valence-corrected chi connectivity index (χ0v) is 18.1. The van der Waals surface area contributed by atoms with Crippen molar-refractivity contribution in [2.24, 2.45) is 5.10 Å². The molecule has 0 atom stereocenters. The number of nitrogens with zero attached hydrogens (tertiary/aromatic N) is 1. The Morgan fingerprint density at radius 1 is 0.926 bits per heavy atom. The van der Waals surface area contributed by atoms with Gasteiger partial charge in [0.2, 0.25) is 0 Å². The molecule has 2 rings (SSSR count). The van der Waals surface area contributed by atoms with Gasteiger partial charge in [0, 0.05) is 5.02 Å². The quantitative estimate of drug-likeness (QED) is 0.233. The Morgan fingerprint density at radius 2 is 1.74 bits per heavy atom. The Hall–Kier alpha value is -1.19. The Morgan fingerprint density at radius 3 is 2.44 bits per heavy atom. The average Bonchev–Trinajstić information content (AvgIpc) is 2.64. The Bertz CT molecular complexity index is 816. The van der Waals surface area contributed by atoms with Crippen LogP contribution in [-0.4, -0.2) is 5.71 Å². The van der Waals surface area contributed by atoms with Gasteiger partial charge in [-0.1, -0.05) is 84.7 Å². The molecule has 0 aliphatic carbocycles. The molecule has 1 N–H and O–H groups in total. The molecule has 27 heavy (non-hydrogen) atoms. The van der Waals surface area contributed by atoms with Crippen LogP contribution in [0.3, 0.4) is 0 Å². The van der Waals surface area contributed by atoms with Gasteiger partial charge in [0.15, 0.2) is 0 Å². The summed E-state index contributed by atoms with van der Waals surface area (Å²) in [4.78, 5) is 0. The molecule has 2 aromatic carbocycles. The van der Waals surface area contributed by atoms with Crippen molar-refractivity contribution in [1.82, 2.24) is 0 Å². The van der Waals surface area contributed by atoms with Gasteiger partial charge < -0.3 is 0 Å². The average molecular weight is 444 g/mol. The summed E-state index contributed by atoms with van der Waals surface area (Å²) in [7, 11) is 0. The lowest BCUT2D eigenvalue weighted by Crippen LogP contribution is -2.00. The van der Waals surface area contributed by atoms with E-state index < -0.39 is 0 Å². The molecule has 0 heterocycles. The first-order chi connectivity index (χ1) is 13.0. The van der Waals surface area contributed by atoms with Crippen molar-refractivity contribution in [2.75, 3.05) is 5.43 Å². The van der Waals surface area contributed by atoms with E-state index >= 15 is 0 Å². The van der Waals surface area contributed by atoms with Gasteiger partial charge >= 0.3 is 0 Å². The fourth-order valence-corrected chi connectivity index (χ4v) is 3.19. The zero-order chi connectivity index (χ0) is 19.6. The number of hydrazone groups is 1. The van der Waals surface area contributed by atoms with Crippen LogP contribution in [0.25, 0.3) is 6.08 Å². The monoisotopic (exact) mass is 442 g/mol. The molecule has 0 aromatic heterocycles. The second-order valence-electron chi connectivity index (χ2n) is 6.16. The molecule has 0 spiro atoms. The second kappa shape index (κ2) is 11.6. The normalized spacial score (nSPS) is 12.0. The predicted octanol–water partition coefficient (Wildman–Crippen LogP) is 8.75. The maximum Gasteiger partial charge on any atom is 0.0749 e. The summed E-state index contributed by atoms with van der Waals surface area (Å²) in [5, 5.41) is 6.73. The maximum absolute atomic E-state index is 6.20. The molecule has 144 valence electrons. The van der Waals surface area contributed by atoms with E-state index in [1.54, 1.807) is 18.2 Å². The van der Waals surface area contributed by atoms with Crippen LogP contribution in [0, 0.1) is 0 Å². The largest absolute Gasteiger partial charge is 0.277 e. The number of halogens is 4. The van der Waals surface area contributed by atoms with Gasteiger partial charge in [-0.15, -0.1) is 0 Å². The molecule has 0 unspecified atom stereocenters. The van der Waals surface area contributed by atoms with Crippen LogP contribution in [-0.2, 0) is 0 Å². The molecule has 0 aliphatic rings. The van der Waals surface area contributed by atoms with Gasteiger partial charge in [-0.05, 0) is 54.8 Å². The van der Waals surface area contributed by atoms with E-state index in [0.717, 1.165) is 29.8 Å². The van der Waals surface area contributed by atoms with Crippen molar-refractivity contribution in [2.45, 2.75) is 39.0 Å². The first-order valence-corrected chi connectivity index (χ1v) is 10.4. The molecule has 0 amide bonds. The molecule has 2 nitrogen and oxygen atoms in total. The number of benzene rings is 2. The molecule has 0 saturated carbocycles. The van der Waals surface area contributed by atoms with E-state index in [9.17, 15) is 0 Å². The summed E-state index contributed by atoms with van der Waals surface area (Å²) in [6, 6.07) is 10.8. The summed E-state index contributed by atoms with van der Waals surface area (Å²) in [6.07, 6.45) is 9.51. The molecule has 0 saturated heterocycles. The van der Waals surface area contributed by atoms with Crippen LogP contribution in [0.1, 0.15) is 44.6 Å². The third kappa shape index (κ3) is 7.75. The van der Waals surface area contributed by atoms with Gasteiger partial charge in [-0.2, -0.15) is 5.10 Å². The highest BCUT2D eigenvalue weighted by Crippen LogP contribution is 2.26. The van der Waals surface area contributed by atoms with E-state index in [1.807, 2.05) is 30.4 Å². The van der Waals surface area contributed by atoms with E-state index in [-0.39, 0.29) is 0 Å². The lowest BCUT2D eigenvalue weighted by atomic mass is 10.1. The fraction of sp³-hybridized carbons (Fsp3) is 0.286. The highest BCUT2D eigenvalue weighted by molar-refractivity contribution is 6.42. The van der Waals surface area contributed by atoms with Crippen LogP contribution in [0.2, 0.25) is 20.1 Å². The molecular formula is C21H22Cl4N2. The van der Waals surface area contributed by atoms with Crippen molar-refractivity contribution in [3.05, 3.63) is 68.1 Å². The summed E-state index contributed by atoms with van der Waals surface area (Å²) in [5.41, 5.74) is 5.66. The SMILES string of the molecule is CCCCCC/C(C=Cc1ccc(Cl)c(Cl)c1)=N\Nc1ccc(Cl)cc1Cl. The smallest absolute Gasteiger partial charge is 0.0749 e. The highest BCUT2D eigenvalue weighted by Gasteiger charge is 2.02. The van der Waals surface area contributed by atoms with Gasteiger partial charge in [-0.3, -0.25) is 5.43 Å². The van der Waals surface area contributed by atoms with Gasteiger partial charge in [0.1, 0.15) is 0 Å². The minimum atomic E-state index is 0.532. The highest BCUT2D eigenvalue weighted by atomic mass is 35.5. The summed E-state index contributed by atoms with van der Waals surface area (Å²) >= 11 is 24.2. The van der Waals surface area contributed by atoms with E-state index in [1.165, 1.54) is 19.3 Å². The van der Waals surface area contributed by atoms with Crippen LogP contribution < -0.4 is 5.43 Å². The van der Waals surface area contributed by atoms with E-state index in [4.69, 9.17) is 46.4 Å². The van der Waals surface area contributed by atoms with Crippen LogP contribution >= 0.6 is 46.4 Å². The third-order valence-corrected chi connectivity index (χ3v) is 5.24. The number of unbranched alkanes of at least 4 members (excludes halogenated alkanes) is 3. The second-order valence-corrected chi connectivity index (χ2v) is 7.81. The molecule has 0 radical (unpaired) electrons. The number of hydrogen-bond donors (Lipinski definition) is 1. The molecule has 6 heteroatoms.